The largest absolute Gasteiger partial charge is 0.327 e. The van der Waals surface area contributed by atoms with Crippen LogP contribution < -0.4 is 5.73 Å². The van der Waals surface area contributed by atoms with Gasteiger partial charge in [0.1, 0.15) is 0 Å². The predicted molar refractivity (Wildman–Crippen MR) is 71.9 cm³/mol. The van der Waals surface area contributed by atoms with Crippen LogP contribution in [0, 0.1) is 17.8 Å². The van der Waals surface area contributed by atoms with E-state index in [0.717, 1.165) is 23.7 Å². The van der Waals surface area contributed by atoms with Crippen molar-refractivity contribution in [3.8, 4) is 0 Å². The van der Waals surface area contributed by atoms with Crippen LogP contribution in [0.4, 0.5) is 0 Å². The van der Waals surface area contributed by atoms with Crippen molar-refractivity contribution in [3.05, 3.63) is 35.4 Å². The summed E-state index contributed by atoms with van der Waals surface area (Å²) in [7, 11) is 0. The molecule has 0 amide bonds. The van der Waals surface area contributed by atoms with E-state index in [1.54, 1.807) is 11.1 Å². The molecule has 0 bridgehead atoms. The third kappa shape index (κ3) is 1.91. The predicted octanol–water partition coefficient (Wildman–Crippen LogP) is 3.34. The summed E-state index contributed by atoms with van der Waals surface area (Å²) in [4.78, 5) is 0. The zero-order chi connectivity index (χ0) is 12.0. The molecule has 4 atom stereocenters. The first-order valence-electron chi connectivity index (χ1n) is 7.02. The molecule has 2 aliphatic rings. The van der Waals surface area contributed by atoms with Gasteiger partial charge in [-0.3, -0.25) is 0 Å². The zero-order valence-electron chi connectivity index (χ0n) is 10.9. The van der Waals surface area contributed by atoms with E-state index in [1.165, 1.54) is 19.3 Å². The minimum Gasteiger partial charge on any atom is -0.327 e. The summed E-state index contributed by atoms with van der Waals surface area (Å²) in [5.41, 5.74) is 9.58. The molecular formula is C16H23N. The Morgan fingerprint density at radius 3 is 2.82 bits per heavy atom. The monoisotopic (exact) mass is 229 g/mol. The molecule has 0 saturated heterocycles. The fourth-order valence-electron chi connectivity index (χ4n) is 3.90. The molecule has 0 heterocycles. The molecule has 0 aliphatic heterocycles. The molecule has 1 heteroatoms. The summed E-state index contributed by atoms with van der Waals surface area (Å²) in [6.07, 6.45) is 3.81. The van der Waals surface area contributed by atoms with Gasteiger partial charge in [0.15, 0.2) is 0 Å². The number of nitrogens with two attached hydrogens (primary N) is 1. The lowest BCUT2D eigenvalue weighted by atomic mass is 9.92. The molecule has 0 radical (unpaired) electrons. The van der Waals surface area contributed by atoms with E-state index in [1.807, 2.05) is 0 Å². The lowest BCUT2D eigenvalue weighted by molar-refractivity contribution is 0.436. The zero-order valence-corrected chi connectivity index (χ0v) is 10.9. The van der Waals surface area contributed by atoms with E-state index < -0.39 is 0 Å². The fraction of sp³-hybridized carbons (Fsp3) is 0.625. The second kappa shape index (κ2) is 4.13. The molecule has 1 aromatic carbocycles. The molecule has 1 fully saturated rings. The summed E-state index contributed by atoms with van der Waals surface area (Å²) >= 11 is 0. The molecule has 2 aliphatic carbocycles. The second-order valence-electron chi connectivity index (χ2n) is 6.30. The highest BCUT2D eigenvalue weighted by Gasteiger charge is 2.55. The SMILES string of the molecule is CC(C)CC(N)C1C2CCc3ccccc3C21. The summed E-state index contributed by atoms with van der Waals surface area (Å²) in [5.74, 6) is 3.16. The van der Waals surface area contributed by atoms with Crippen molar-refractivity contribution in [2.24, 2.45) is 23.5 Å². The number of fused-ring (bicyclic) bond motifs is 3. The van der Waals surface area contributed by atoms with Crippen molar-refractivity contribution in [1.29, 1.82) is 0 Å². The molecule has 0 spiro atoms. The molecule has 0 aromatic heterocycles. The Kier molecular flexibility index (Phi) is 2.74. The van der Waals surface area contributed by atoms with E-state index in [2.05, 4.69) is 38.1 Å². The highest BCUT2D eigenvalue weighted by atomic mass is 14.7. The first-order valence-corrected chi connectivity index (χ1v) is 7.02. The van der Waals surface area contributed by atoms with E-state index >= 15 is 0 Å². The Labute approximate surface area is 104 Å². The quantitative estimate of drug-likeness (QED) is 0.845. The number of aryl methyl sites for hydroxylation is 1. The van der Waals surface area contributed by atoms with Gasteiger partial charge < -0.3 is 5.73 Å². The van der Waals surface area contributed by atoms with Crippen LogP contribution in [0.2, 0.25) is 0 Å². The standard InChI is InChI=1S/C16H23N/c1-10(2)9-14(17)16-13-8-7-11-5-3-4-6-12(11)15(13)16/h3-6,10,13-16H,7-9,17H2,1-2H3. The van der Waals surface area contributed by atoms with Gasteiger partial charge in [0.05, 0.1) is 0 Å². The van der Waals surface area contributed by atoms with Crippen molar-refractivity contribution in [2.45, 2.75) is 45.1 Å². The van der Waals surface area contributed by atoms with E-state index in [4.69, 9.17) is 5.73 Å². The first-order chi connectivity index (χ1) is 8.18. The van der Waals surface area contributed by atoms with Gasteiger partial charge in [-0.05, 0) is 54.1 Å². The van der Waals surface area contributed by atoms with E-state index in [9.17, 15) is 0 Å². The third-order valence-electron chi connectivity index (χ3n) is 4.63. The molecular weight excluding hydrogens is 206 g/mol. The Morgan fingerprint density at radius 1 is 1.29 bits per heavy atom. The van der Waals surface area contributed by atoms with Crippen LogP contribution >= 0.6 is 0 Å². The van der Waals surface area contributed by atoms with Crippen molar-refractivity contribution in [2.75, 3.05) is 0 Å². The van der Waals surface area contributed by atoms with Gasteiger partial charge in [-0.25, -0.2) is 0 Å². The summed E-state index contributed by atoms with van der Waals surface area (Å²) in [6, 6.07) is 9.40. The number of rotatable bonds is 3. The lowest BCUT2D eigenvalue weighted by Gasteiger charge is -2.14. The summed E-state index contributed by atoms with van der Waals surface area (Å²) in [6.45, 7) is 4.56. The van der Waals surface area contributed by atoms with Gasteiger partial charge in [0.25, 0.3) is 0 Å². The minimum absolute atomic E-state index is 0.413. The van der Waals surface area contributed by atoms with Crippen molar-refractivity contribution in [1.82, 2.24) is 0 Å². The summed E-state index contributed by atoms with van der Waals surface area (Å²) < 4.78 is 0. The minimum atomic E-state index is 0.413. The molecule has 1 nitrogen and oxygen atoms in total. The van der Waals surface area contributed by atoms with Crippen LogP contribution in [0.25, 0.3) is 0 Å². The Morgan fingerprint density at radius 2 is 2.06 bits per heavy atom. The number of benzene rings is 1. The van der Waals surface area contributed by atoms with Crippen molar-refractivity contribution in [3.63, 3.8) is 0 Å². The maximum Gasteiger partial charge on any atom is 0.00784 e. The average molecular weight is 229 g/mol. The van der Waals surface area contributed by atoms with Gasteiger partial charge >= 0.3 is 0 Å². The van der Waals surface area contributed by atoms with Crippen LogP contribution in [0.3, 0.4) is 0 Å². The van der Waals surface area contributed by atoms with Gasteiger partial charge in [0, 0.05) is 6.04 Å². The molecule has 1 aromatic rings. The van der Waals surface area contributed by atoms with Crippen LogP contribution in [0.5, 0.6) is 0 Å². The van der Waals surface area contributed by atoms with Gasteiger partial charge in [0.2, 0.25) is 0 Å². The highest BCUT2D eigenvalue weighted by molar-refractivity contribution is 5.39. The molecule has 92 valence electrons. The van der Waals surface area contributed by atoms with Crippen LogP contribution in [0.1, 0.15) is 43.7 Å². The van der Waals surface area contributed by atoms with Gasteiger partial charge in [-0.15, -0.1) is 0 Å². The third-order valence-corrected chi connectivity index (χ3v) is 4.63. The van der Waals surface area contributed by atoms with E-state index in [-0.39, 0.29) is 0 Å². The van der Waals surface area contributed by atoms with Crippen LogP contribution in [-0.4, -0.2) is 6.04 Å². The fourth-order valence-corrected chi connectivity index (χ4v) is 3.90. The number of hydrogen-bond donors (Lipinski definition) is 1. The topological polar surface area (TPSA) is 26.0 Å². The maximum absolute atomic E-state index is 6.40. The molecule has 2 N–H and O–H groups in total. The number of hydrogen-bond acceptors (Lipinski definition) is 1. The molecule has 4 unspecified atom stereocenters. The average Bonchev–Trinajstić information content (AvgIpc) is 3.02. The normalized spacial score (nSPS) is 31.9. The highest BCUT2D eigenvalue weighted by Crippen LogP contribution is 2.61. The first kappa shape index (κ1) is 11.3. The van der Waals surface area contributed by atoms with E-state index in [0.29, 0.717) is 6.04 Å². The molecule has 3 rings (SSSR count). The maximum atomic E-state index is 6.40. The van der Waals surface area contributed by atoms with Gasteiger partial charge in [-0.1, -0.05) is 38.1 Å². The summed E-state index contributed by atoms with van der Waals surface area (Å²) in [5, 5.41) is 0. The lowest BCUT2D eigenvalue weighted by Crippen LogP contribution is -2.25. The molecule has 17 heavy (non-hydrogen) atoms. The van der Waals surface area contributed by atoms with Crippen molar-refractivity contribution >= 4 is 0 Å². The molecule has 1 saturated carbocycles. The van der Waals surface area contributed by atoms with Crippen LogP contribution in [0.15, 0.2) is 24.3 Å². The van der Waals surface area contributed by atoms with Gasteiger partial charge in [-0.2, -0.15) is 0 Å². The second-order valence-corrected chi connectivity index (χ2v) is 6.30. The Balaban J connectivity index is 1.78. The Bertz CT molecular complexity index is 410. The van der Waals surface area contributed by atoms with Crippen molar-refractivity contribution < 1.29 is 0 Å². The Hall–Kier alpha value is -0.820. The van der Waals surface area contributed by atoms with Crippen LogP contribution in [-0.2, 0) is 6.42 Å². The smallest absolute Gasteiger partial charge is 0.00784 e.